The SMILES string of the molecule is Cc1ncc(-n2cccn2)cc1O. The van der Waals surface area contributed by atoms with Crippen LogP contribution in [0.1, 0.15) is 5.69 Å². The molecular weight excluding hydrogens is 166 g/mol. The Hall–Kier alpha value is -1.84. The summed E-state index contributed by atoms with van der Waals surface area (Å²) in [6.45, 7) is 1.75. The molecule has 0 fully saturated rings. The van der Waals surface area contributed by atoms with Gasteiger partial charge in [0, 0.05) is 18.5 Å². The molecule has 13 heavy (non-hydrogen) atoms. The van der Waals surface area contributed by atoms with Crippen LogP contribution in [0.25, 0.3) is 5.69 Å². The van der Waals surface area contributed by atoms with Gasteiger partial charge in [-0.3, -0.25) is 4.98 Å². The van der Waals surface area contributed by atoms with E-state index in [2.05, 4.69) is 10.1 Å². The molecule has 2 aromatic heterocycles. The fraction of sp³-hybridized carbons (Fsp3) is 0.111. The number of hydrogen-bond donors (Lipinski definition) is 1. The molecular formula is C9H9N3O. The molecule has 0 bridgehead atoms. The Morgan fingerprint density at radius 3 is 2.92 bits per heavy atom. The van der Waals surface area contributed by atoms with Gasteiger partial charge in [0.25, 0.3) is 0 Å². The number of pyridine rings is 1. The lowest BCUT2D eigenvalue weighted by Gasteiger charge is -2.02. The summed E-state index contributed by atoms with van der Waals surface area (Å²) in [6, 6.07) is 3.45. The van der Waals surface area contributed by atoms with E-state index in [4.69, 9.17) is 0 Å². The second-order valence-electron chi connectivity index (χ2n) is 2.75. The lowest BCUT2D eigenvalue weighted by atomic mass is 10.3. The van der Waals surface area contributed by atoms with Crippen LogP contribution >= 0.6 is 0 Å². The van der Waals surface area contributed by atoms with Crippen LogP contribution in [0.3, 0.4) is 0 Å². The summed E-state index contributed by atoms with van der Waals surface area (Å²) in [5, 5.41) is 13.4. The summed E-state index contributed by atoms with van der Waals surface area (Å²) in [7, 11) is 0. The van der Waals surface area contributed by atoms with E-state index in [1.165, 1.54) is 0 Å². The molecule has 4 nitrogen and oxygen atoms in total. The summed E-state index contributed by atoms with van der Waals surface area (Å²) in [5.74, 6) is 0.188. The van der Waals surface area contributed by atoms with Crippen LogP contribution in [0.5, 0.6) is 5.75 Å². The van der Waals surface area contributed by atoms with Crippen molar-refractivity contribution < 1.29 is 5.11 Å². The van der Waals surface area contributed by atoms with Crippen LogP contribution < -0.4 is 0 Å². The molecule has 0 saturated carbocycles. The molecule has 1 N–H and O–H groups in total. The van der Waals surface area contributed by atoms with Gasteiger partial charge in [-0.25, -0.2) is 4.68 Å². The maximum Gasteiger partial charge on any atom is 0.138 e. The fourth-order valence-electron chi connectivity index (χ4n) is 1.06. The van der Waals surface area contributed by atoms with E-state index < -0.39 is 0 Å². The highest BCUT2D eigenvalue weighted by atomic mass is 16.3. The topological polar surface area (TPSA) is 50.9 Å². The van der Waals surface area contributed by atoms with E-state index in [0.717, 1.165) is 5.69 Å². The van der Waals surface area contributed by atoms with Crippen molar-refractivity contribution in [2.45, 2.75) is 6.92 Å². The third-order valence-electron chi connectivity index (χ3n) is 1.81. The number of hydrogen-bond acceptors (Lipinski definition) is 3. The Morgan fingerprint density at radius 2 is 2.31 bits per heavy atom. The second kappa shape index (κ2) is 2.90. The van der Waals surface area contributed by atoms with Crippen LogP contribution in [-0.2, 0) is 0 Å². The van der Waals surface area contributed by atoms with Crippen LogP contribution in [0, 0.1) is 6.92 Å². The highest BCUT2D eigenvalue weighted by Crippen LogP contribution is 2.16. The first kappa shape index (κ1) is 7.79. The van der Waals surface area contributed by atoms with Crippen LogP contribution in [0.2, 0.25) is 0 Å². The van der Waals surface area contributed by atoms with Gasteiger partial charge in [-0.1, -0.05) is 0 Å². The molecule has 0 spiro atoms. The minimum Gasteiger partial charge on any atom is -0.506 e. The van der Waals surface area contributed by atoms with Crippen molar-refractivity contribution in [1.82, 2.24) is 14.8 Å². The van der Waals surface area contributed by atoms with Crippen molar-refractivity contribution in [2.75, 3.05) is 0 Å². The highest BCUT2D eigenvalue weighted by Gasteiger charge is 2.00. The maximum atomic E-state index is 9.40. The maximum absolute atomic E-state index is 9.40. The van der Waals surface area contributed by atoms with Gasteiger partial charge < -0.3 is 5.11 Å². The Balaban J connectivity index is 2.49. The lowest BCUT2D eigenvalue weighted by Crippen LogP contribution is -1.95. The molecule has 0 radical (unpaired) electrons. The first-order valence-corrected chi connectivity index (χ1v) is 3.93. The van der Waals surface area contributed by atoms with Crippen molar-refractivity contribution >= 4 is 0 Å². The van der Waals surface area contributed by atoms with Gasteiger partial charge in [0.05, 0.1) is 17.6 Å². The Kier molecular flexibility index (Phi) is 1.73. The molecule has 2 heterocycles. The van der Waals surface area contributed by atoms with Crippen molar-refractivity contribution in [3.63, 3.8) is 0 Å². The van der Waals surface area contributed by atoms with Crippen molar-refractivity contribution in [1.29, 1.82) is 0 Å². The third-order valence-corrected chi connectivity index (χ3v) is 1.81. The fourth-order valence-corrected chi connectivity index (χ4v) is 1.06. The van der Waals surface area contributed by atoms with Crippen molar-refractivity contribution in [2.24, 2.45) is 0 Å². The van der Waals surface area contributed by atoms with E-state index >= 15 is 0 Å². The Morgan fingerprint density at radius 1 is 1.46 bits per heavy atom. The predicted molar refractivity (Wildman–Crippen MR) is 47.8 cm³/mol. The zero-order valence-electron chi connectivity index (χ0n) is 7.18. The molecule has 0 aliphatic rings. The molecule has 0 aliphatic heterocycles. The molecule has 0 atom stereocenters. The smallest absolute Gasteiger partial charge is 0.138 e. The minimum absolute atomic E-state index is 0.188. The summed E-state index contributed by atoms with van der Waals surface area (Å²) < 4.78 is 1.64. The standard InChI is InChI=1S/C9H9N3O/c1-7-9(13)5-8(6-10-7)12-4-2-3-11-12/h2-6,13H,1H3. The quantitative estimate of drug-likeness (QED) is 0.710. The number of nitrogens with zero attached hydrogens (tertiary/aromatic N) is 3. The minimum atomic E-state index is 0.188. The average Bonchev–Trinajstić information content (AvgIpc) is 2.62. The van der Waals surface area contributed by atoms with Gasteiger partial charge in [-0.15, -0.1) is 0 Å². The van der Waals surface area contributed by atoms with Crippen molar-refractivity contribution in [3.8, 4) is 11.4 Å². The molecule has 0 saturated heterocycles. The summed E-state index contributed by atoms with van der Waals surface area (Å²) in [4.78, 5) is 4.02. The first-order chi connectivity index (χ1) is 6.27. The summed E-state index contributed by atoms with van der Waals surface area (Å²) in [6.07, 6.45) is 5.14. The van der Waals surface area contributed by atoms with Gasteiger partial charge >= 0.3 is 0 Å². The van der Waals surface area contributed by atoms with Crippen LogP contribution in [0.4, 0.5) is 0 Å². The highest BCUT2D eigenvalue weighted by molar-refractivity contribution is 5.37. The largest absolute Gasteiger partial charge is 0.506 e. The molecule has 0 amide bonds. The van der Waals surface area contributed by atoms with Gasteiger partial charge in [-0.2, -0.15) is 5.10 Å². The molecule has 0 aromatic carbocycles. The monoisotopic (exact) mass is 175 g/mol. The van der Waals surface area contributed by atoms with E-state index in [1.807, 2.05) is 6.07 Å². The molecule has 4 heteroatoms. The molecule has 66 valence electrons. The van der Waals surface area contributed by atoms with Gasteiger partial charge in [-0.05, 0) is 13.0 Å². The van der Waals surface area contributed by atoms with Gasteiger partial charge in [0.1, 0.15) is 5.75 Å². The van der Waals surface area contributed by atoms with E-state index in [1.54, 1.807) is 36.3 Å². The first-order valence-electron chi connectivity index (χ1n) is 3.93. The number of aryl methyl sites for hydroxylation is 1. The van der Waals surface area contributed by atoms with Gasteiger partial charge in [0.15, 0.2) is 0 Å². The number of rotatable bonds is 1. The third kappa shape index (κ3) is 1.38. The molecule has 2 aromatic rings. The number of aromatic hydroxyl groups is 1. The molecule has 0 aliphatic carbocycles. The van der Waals surface area contributed by atoms with E-state index in [-0.39, 0.29) is 5.75 Å². The van der Waals surface area contributed by atoms with Gasteiger partial charge in [0.2, 0.25) is 0 Å². The Bertz CT molecular complexity index is 409. The lowest BCUT2D eigenvalue weighted by molar-refractivity contribution is 0.467. The van der Waals surface area contributed by atoms with E-state index in [0.29, 0.717) is 5.69 Å². The van der Waals surface area contributed by atoms with E-state index in [9.17, 15) is 5.11 Å². The summed E-state index contributed by atoms with van der Waals surface area (Å²) in [5.41, 5.74) is 1.38. The zero-order valence-corrected chi connectivity index (χ0v) is 7.18. The molecule has 2 rings (SSSR count). The normalized spacial score (nSPS) is 10.2. The number of aromatic nitrogens is 3. The average molecular weight is 175 g/mol. The van der Waals surface area contributed by atoms with Crippen molar-refractivity contribution in [3.05, 3.63) is 36.4 Å². The van der Waals surface area contributed by atoms with Crippen LogP contribution in [-0.4, -0.2) is 19.9 Å². The Labute approximate surface area is 75.5 Å². The second-order valence-corrected chi connectivity index (χ2v) is 2.75. The summed E-state index contributed by atoms with van der Waals surface area (Å²) >= 11 is 0. The predicted octanol–water partition coefficient (Wildman–Crippen LogP) is 1.28. The zero-order chi connectivity index (χ0) is 9.26. The van der Waals surface area contributed by atoms with Crippen LogP contribution in [0.15, 0.2) is 30.7 Å². The molecule has 0 unspecified atom stereocenters.